The molecule has 0 N–H and O–H groups in total. The molecule has 3 rings (SSSR count). The topological polar surface area (TPSA) is 52.8 Å². The van der Waals surface area contributed by atoms with Crippen LogP contribution in [0.25, 0.3) is 16.9 Å². The lowest BCUT2D eigenvalue weighted by Crippen LogP contribution is -2.17. The van der Waals surface area contributed by atoms with Crippen LogP contribution < -0.4 is 4.74 Å². The minimum absolute atomic E-state index is 0.305. The Bertz CT molecular complexity index is 771. The van der Waals surface area contributed by atoms with Crippen LogP contribution in [0.2, 0.25) is 0 Å². The summed E-state index contributed by atoms with van der Waals surface area (Å²) < 4.78 is 42.1. The van der Waals surface area contributed by atoms with Crippen LogP contribution in [-0.4, -0.2) is 26.3 Å². The molecule has 0 bridgehead atoms. The number of hydrogen-bond acceptors (Lipinski definition) is 4. The van der Waals surface area contributed by atoms with E-state index in [1.165, 1.54) is 22.9 Å². The second kappa shape index (κ2) is 5.47. The molecular weight excluding hydrogens is 297 g/mol. The van der Waals surface area contributed by atoms with Crippen LogP contribution in [0.15, 0.2) is 55.0 Å². The van der Waals surface area contributed by atoms with E-state index in [0.29, 0.717) is 16.9 Å². The van der Waals surface area contributed by atoms with Crippen molar-refractivity contribution in [2.45, 2.75) is 6.36 Å². The van der Waals surface area contributed by atoms with Crippen LogP contribution in [0.1, 0.15) is 0 Å². The standard InChI is InChI=1S/C14H9F3N4O/c15-14(16,17)22-12-5-1-3-10(7-12)13-9-21(20-19-13)11-4-2-6-18-8-11/h1-9H. The van der Waals surface area contributed by atoms with Crippen molar-refractivity contribution in [2.24, 2.45) is 0 Å². The van der Waals surface area contributed by atoms with Crippen LogP contribution >= 0.6 is 0 Å². The molecule has 0 saturated carbocycles. The maximum absolute atomic E-state index is 12.2. The minimum Gasteiger partial charge on any atom is -0.406 e. The average Bonchev–Trinajstić information content (AvgIpc) is 2.96. The maximum Gasteiger partial charge on any atom is 0.573 e. The van der Waals surface area contributed by atoms with E-state index in [-0.39, 0.29) is 5.75 Å². The lowest BCUT2D eigenvalue weighted by molar-refractivity contribution is -0.274. The molecule has 1 aromatic carbocycles. The number of rotatable bonds is 3. The van der Waals surface area contributed by atoms with Crippen molar-refractivity contribution in [3.05, 3.63) is 55.0 Å². The van der Waals surface area contributed by atoms with Gasteiger partial charge in [0.05, 0.1) is 18.1 Å². The van der Waals surface area contributed by atoms with Crippen molar-refractivity contribution in [2.75, 3.05) is 0 Å². The number of halogens is 3. The molecule has 0 unspecified atom stereocenters. The van der Waals surface area contributed by atoms with Crippen LogP contribution in [0.3, 0.4) is 0 Å². The van der Waals surface area contributed by atoms with E-state index in [4.69, 9.17) is 0 Å². The monoisotopic (exact) mass is 306 g/mol. The number of ether oxygens (including phenoxy) is 1. The molecule has 0 saturated heterocycles. The first kappa shape index (κ1) is 14.1. The van der Waals surface area contributed by atoms with Crippen LogP contribution in [0, 0.1) is 0 Å². The molecule has 8 heteroatoms. The predicted octanol–water partition coefficient (Wildman–Crippen LogP) is 3.23. The summed E-state index contributed by atoms with van der Waals surface area (Å²) >= 11 is 0. The zero-order chi connectivity index (χ0) is 15.6. The van der Waals surface area contributed by atoms with E-state index in [1.54, 1.807) is 36.8 Å². The van der Waals surface area contributed by atoms with Crippen molar-refractivity contribution in [3.8, 4) is 22.7 Å². The van der Waals surface area contributed by atoms with E-state index >= 15 is 0 Å². The van der Waals surface area contributed by atoms with Crippen molar-refractivity contribution in [1.29, 1.82) is 0 Å². The normalized spacial score (nSPS) is 11.4. The molecule has 0 amide bonds. The van der Waals surface area contributed by atoms with E-state index in [0.717, 1.165) is 0 Å². The van der Waals surface area contributed by atoms with Gasteiger partial charge in [-0.2, -0.15) is 0 Å². The Morgan fingerprint density at radius 2 is 1.95 bits per heavy atom. The summed E-state index contributed by atoms with van der Waals surface area (Å²) in [4.78, 5) is 3.96. The molecule has 0 atom stereocenters. The van der Waals surface area contributed by atoms with Gasteiger partial charge in [0.2, 0.25) is 0 Å². The summed E-state index contributed by atoms with van der Waals surface area (Å²) in [6.45, 7) is 0. The van der Waals surface area contributed by atoms with Gasteiger partial charge in [0.1, 0.15) is 11.4 Å². The second-order valence-corrected chi connectivity index (χ2v) is 4.34. The Balaban J connectivity index is 1.89. The SMILES string of the molecule is FC(F)(F)Oc1cccc(-c2cn(-c3cccnc3)nn2)c1. The molecule has 3 aromatic rings. The molecule has 2 heterocycles. The summed E-state index contributed by atoms with van der Waals surface area (Å²) in [5.74, 6) is -0.305. The summed E-state index contributed by atoms with van der Waals surface area (Å²) in [6, 6.07) is 9.09. The molecule has 2 aromatic heterocycles. The summed E-state index contributed by atoms with van der Waals surface area (Å²) in [5, 5.41) is 7.88. The van der Waals surface area contributed by atoms with Gasteiger partial charge < -0.3 is 4.74 Å². The molecule has 0 aliphatic rings. The third kappa shape index (κ3) is 3.22. The van der Waals surface area contributed by atoms with E-state index < -0.39 is 6.36 Å². The highest BCUT2D eigenvalue weighted by Crippen LogP contribution is 2.27. The third-order valence-corrected chi connectivity index (χ3v) is 2.77. The molecule has 5 nitrogen and oxygen atoms in total. The first-order chi connectivity index (χ1) is 10.5. The average molecular weight is 306 g/mol. The largest absolute Gasteiger partial charge is 0.573 e. The van der Waals surface area contributed by atoms with Crippen molar-refractivity contribution in [3.63, 3.8) is 0 Å². The van der Waals surface area contributed by atoms with E-state index in [9.17, 15) is 13.2 Å². The van der Waals surface area contributed by atoms with Gasteiger partial charge in [0.15, 0.2) is 0 Å². The van der Waals surface area contributed by atoms with Gasteiger partial charge in [0, 0.05) is 11.8 Å². The zero-order valence-corrected chi connectivity index (χ0v) is 11.0. The molecule has 0 aliphatic carbocycles. The minimum atomic E-state index is -4.73. The highest BCUT2D eigenvalue weighted by atomic mass is 19.4. The molecule has 22 heavy (non-hydrogen) atoms. The number of hydrogen-bond donors (Lipinski definition) is 0. The van der Waals surface area contributed by atoms with E-state index in [1.807, 2.05) is 0 Å². The number of nitrogens with zero attached hydrogens (tertiary/aromatic N) is 4. The lowest BCUT2D eigenvalue weighted by atomic mass is 10.1. The number of benzene rings is 1. The highest BCUT2D eigenvalue weighted by molar-refractivity contribution is 5.60. The molecule has 0 fully saturated rings. The summed E-state index contributed by atoms with van der Waals surface area (Å²) in [6.07, 6.45) is 0.0938. The van der Waals surface area contributed by atoms with Crippen molar-refractivity contribution < 1.29 is 17.9 Å². The Morgan fingerprint density at radius 1 is 1.09 bits per heavy atom. The third-order valence-electron chi connectivity index (χ3n) is 2.77. The van der Waals surface area contributed by atoms with Gasteiger partial charge in [-0.1, -0.05) is 17.3 Å². The van der Waals surface area contributed by atoms with Crippen LogP contribution in [0.4, 0.5) is 13.2 Å². The number of aromatic nitrogens is 4. The summed E-state index contributed by atoms with van der Waals surface area (Å²) in [7, 11) is 0. The Hall–Kier alpha value is -2.90. The zero-order valence-electron chi connectivity index (χ0n) is 11.0. The first-order valence-electron chi connectivity index (χ1n) is 6.20. The Labute approximate surface area is 123 Å². The van der Waals surface area contributed by atoms with Crippen LogP contribution in [0.5, 0.6) is 5.75 Å². The number of alkyl halides is 3. The van der Waals surface area contributed by atoms with Crippen molar-refractivity contribution in [1.82, 2.24) is 20.0 Å². The molecule has 0 spiro atoms. The van der Waals surface area contributed by atoms with Gasteiger partial charge in [-0.05, 0) is 24.3 Å². The summed E-state index contributed by atoms with van der Waals surface area (Å²) in [5.41, 5.74) is 1.59. The quantitative estimate of drug-likeness (QED) is 0.745. The number of pyridine rings is 1. The fourth-order valence-electron chi connectivity index (χ4n) is 1.86. The van der Waals surface area contributed by atoms with Crippen molar-refractivity contribution >= 4 is 0 Å². The Kier molecular flexibility index (Phi) is 3.50. The maximum atomic E-state index is 12.2. The molecular formula is C14H9F3N4O. The second-order valence-electron chi connectivity index (χ2n) is 4.34. The molecule has 0 radical (unpaired) electrons. The fraction of sp³-hybridized carbons (Fsp3) is 0.0714. The van der Waals surface area contributed by atoms with Gasteiger partial charge in [-0.25, -0.2) is 4.68 Å². The van der Waals surface area contributed by atoms with Gasteiger partial charge in [-0.3, -0.25) is 4.98 Å². The van der Waals surface area contributed by atoms with Gasteiger partial charge in [-0.15, -0.1) is 18.3 Å². The predicted molar refractivity (Wildman–Crippen MR) is 71.3 cm³/mol. The highest BCUT2D eigenvalue weighted by Gasteiger charge is 2.31. The first-order valence-corrected chi connectivity index (χ1v) is 6.20. The molecule has 0 aliphatic heterocycles. The molecule has 112 valence electrons. The van der Waals surface area contributed by atoms with Gasteiger partial charge >= 0.3 is 6.36 Å². The Morgan fingerprint density at radius 3 is 2.68 bits per heavy atom. The van der Waals surface area contributed by atoms with Gasteiger partial charge in [0.25, 0.3) is 0 Å². The van der Waals surface area contributed by atoms with Crippen LogP contribution in [-0.2, 0) is 0 Å². The smallest absolute Gasteiger partial charge is 0.406 e. The van der Waals surface area contributed by atoms with E-state index in [2.05, 4.69) is 20.0 Å². The lowest BCUT2D eigenvalue weighted by Gasteiger charge is -2.09. The fourth-order valence-corrected chi connectivity index (χ4v) is 1.86.